The van der Waals surface area contributed by atoms with Crippen LogP contribution < -0.4 is 10.1 Å². The molecule has 1 aliphatic rings. The maximum atomic E-state index is 12.0. The summed E-state index contributed by atoms with van der Waals surface area (Å²) in [6, 6.07) is 12.7. The van der Waals surface area contributed by atoms with Crippen molar-refractivity contribution in [3.8, 4) is 5.75 Å². The quantitative estimate of drug-likeness (QED) is 0.620. The summed E-state index contributed by atoms with van der Waals surface area (Å²) in [6.45, 7) is 2.83. The first-order chi connectivity index (χ1) is 14.7. The average Bonchev–Trinajstić information content (AvgIpc) is 3.28. The smallest absolute Gasteiger partial charge is 0.273 e. The van der Waals surface area contributed by atoms with Crippen LogP contribution in [0.25, 0.3) is 10.8 Å². The first-order valence-corrected chi connectivity index (χ1v) is 10.3. The maximum absolute atomic E-state index is 12.0. The predicted molar refractivity (Wildman–Crippen MR) is 113 cm³/mol. The van der Waals surface area contributed by atoms with E-state index in [1.807, 2.05) is 12.1 Å². The number of amides is 1. The van der Waals surface area contributed by atoms with Gasteiger partial charge in [-0.3, -0.25) is 9.69 Å². The molecule has 8 heteroatoms. The molecular weight excluding hydrogens is 382 g/mol. The van der Waals surface area contributed by atoms with Gasteiger partial charge in [-0.2, -0.15) is 0 Å². The van der Waals surface area contributed by atoms with Crippen LogP contribution in [0.5, 0.6) is 5.75 Å². The number of rotatable bonds is 7. The summed E-state index contributed by atoms with van der Waals surface area (Å²) < 4.78 is 7.31. The van der Waals surface area contributed by atoms with E-state index in [1.54, 1.807) is 18.0 Å². The standard InChI is InChI=1S/C22H27N5O3/c1-30-21-9-8-16(18-6-2-3-7-19(18)21)13-26-11-4-5-17(14-26)27-15-20(24-25-27)22(29)23-10-12-28/h2-3,6-9,15,17,28H,4-5,10-14H2,1H3,(H,23,29)/t17-/m0/s1. The zero-order chi connectivity index (χ0) is 20.9. The Kier molecular flexibility index (Phi) is 6.25. The number of hydrogen-bond donors (Lipinski definition) is 2. The molecule has 1 atom stereocenters. The highest BCUT2D eigenvalue weighted by atomic mass is 16.5. The van der Waals surface area contributed by atoms with Gasteiger partial charge in [0.15, 0.2) is 5.69 Å². The van der Waals surface area contributed by atoms with E-state index in [2.05, 4.69) is 44.8 Å². The fourth-order valence-corrected chi connectivity index (χ4v) is 4.10. The summed E-state index contributed by atoms with van der Waals surface area (Å²) in [7, 11) is 1.70. The third-order valence-electron chi connectivity index (χ3n) is 5.58. The van der Waals surface area contributed by atoms with E-state index in [9.17, 15) is 4.79 Å². The molecule has 4 rings (SSSR count). The second-order valence-electron chi connectivity index (χ2n) is 7.57. The molecule has 8 nitrogen and oxygen atoms in total. The predicted octanol–water partition coefficient (Wildman–Crippen LogP) is 2.00. The Bertz CT molecular complexity index is 1020. The summed E-state index contributed by atoms with van der Waals surface area (Å²) in [5.74, 6) is 0.577. The van der Waals surface area contributed by atoms with Crippen molar-refractivity contribution in [2.45, 2.75) is 25.4 Å². The molecule has 0 unspecified atom stereocenters. The van der Waals surface area contributed by atoms with Crippen LogP contribution in [-0.4, -0.2) is 64.3 Å². The average molecular weight is 409 g/mol. The highest BCUT2D eigenvalue weighted by Crippen LogP contribution is 2.30. The first kappa shape index (κ1) is 20.3. The lowest BCUT2D eigenvalue weighted by Gasteiger charge is -2.32. The minimum absolute atomic E-state index is 0.0997. The Labute approximate surface area is 175 Å². The number of nitrogens with one attached hydrogen (secondary N) is 1. The monoisotopic (exact) mass is 409 g/mol. The van der Waals surface area contributed by atoms with Gasteiger partial charge in [0.05, 0.1) is 26.0 Å². The van der Waals surface area contributed by atoms with Crippen LogP contribution in [0.15, 0.2) is 42.6 Å². The molecule has 0 radical (unpaired) electrons. The van der Waals surface area contributed by atoms with E-state index in [0.717, 1.165) is 43.6 Å². The molecule has 0 saturated carbocycles. The Morgan fingerprint density at radius 1 is 1.27 bits per heavy atom. The van der Waals surface area contributed by atoms with Crippen LogP contribution >= 0.6 is 0 Å². The first-order valence-electron chi connectivity index (χ1n) is 10.3. The normalized spacial score (nSPS) is 17.2. The van der Waals surface area contributed by atoms with E-state index in [-0.39, 0.29) is 30.8 Å². The number of nitrogens with zero attached hydrogens (tertiary/aromatic N) is 4. The molecule has 0 bridgehead atoms. The van der Waals surface area contributed by atoms with Crippen molar-refractivity contribution < 1.29 is 14.6 Å². The van der Waals surface area contributed by atoms with Crippen molar-refractivity contribution in [1.82, 2.24) is 25.2 Å². The van der Waals surface area contributed by atoms with Crippen LogP contribution in [0.3, 0.4) is 0 Å². The number of hydrogen-bond acceptors (Lipinski definition) is 6. The van der Waals surface area contributed by atoms with Crippen LogP contribution in [0.4, 0.5) is 0 Å². The van der Waals surface area contributed by atoms with Gasteiger partial charge in [-0.1, -0.05) is 35.5 Å². The molecule has 0 aliphatic carbocycles. The number of aromatic nitrogens is 3. The largest absolute Gasteiger partial charge is 0.496 e. The van der Waals surface area contributed by atoms with E-state index < -0.39 is 0 Å². The van der Waals surface area contributed by atoms with E-state index in [1.165, 1.54) is 10.9 Å². The molecule has 1 saturated heterocycles. The second kappa shape index (κ2) is 9.23. The number of likely N-dealkylation sites (tertiary alicyclic amines) is 1. The molecule has 2 N–H and O–H groups in total. The van der Waals surface area contributed by atoms with Gasteiger partial charge < -0.3 is 15.2 Å². The molecule has 0 spiro atoms. The molecule has 1 aromatic heterocycles. The summed E-state index contributed by atoms with van der Waals surface area (Å²) in [5, 5.41) is 22.0. The summed E-state index contributed by atoms with van der Waals surface area (Å²) in [4.78, 5) is 14.4. The Balaban J connectivity index is 1.47. The molecule has 3 aromatic rings. The molecular formula is C22H27N5O3. The SMILES string of the molecule is COc1ccc(CN2CCC[C@H](n3cc(C(=O)NCCO)nn3)C2)c2ccccc12. The van der Waals surface area contributed by atoms with Gasteiger partial charge in [-0.05, 0) is 36.4 Å². The van der Waals surface area contributed by atoms with Crippen molar-refractivity contribution >= 4 is 16.7 Å². The lowest BCUT2D eigenvalue weighted by atomic mass is 10.0. The molecule has 2 aromatic carbocycles. The number of benzene rings is 2. The maximum Gasteiger partial charge on any atom is 0.273 e. The van der Waals surface area contributed by atoms with E-state index >= 15 is 0 Å². The van der Waals surface area contributed by atoms with E-state index in [0.29, 0.717) is 0 Å². The summed E-state index contributed by atoms with van der Waals surface area (Å²) in [5.41, 5.74) is 1.55. The van der Waals surface area contributed by atoms with Crippen molar-refractivity contribution in [2.75, 3.05) is 33.4 Å². The highest BCUT2D eigenvalue weighted by molar-refractivity contribution is 5.92. The van der Waals surface area contributed by atoms with Gasteiger partial charge in [-0.15, -0.1) is 5.10 Å². The molecule has 1 fully saturated rings. The third kappa shape index (κ3) is 4.29. The third-order valence-corrected chi connectivity index (χ3v) is 5.58. The van der Waals surface area contributed by atoms with Gasteiger partial charge in [0, 0.05) is 25.0 Å². The number of carbonyl (C=O) groups excluding carboxylic acids is 1. The van der Waals surface area contributed by atoms with Crippen molar-refractivity contribution in [1.29, 1.82) is 0 Å². The molecule has 2 heterocycles. The Hall–Kier alpha value is -2.97. The van der Waals surface area contributed by atoms with Crippen LogP contribution in [0.2, 0.25) is 0 Å². The highest BCUT2D eigenvalue weighted by Gasteiger charge is 2.24. The van der Waals surface area contributed by atoms with Gasteiger partial charge in [-0.25, -0.2) is 4.68 Å². The molecule has 1 aliphatic heterocycles. The van der Waals surface area contributed by atoms with Gasteiger partial charge in [0.25, 0.3) is 5.91 Å². The number of aliphatic hydroxyl groups excluding tert-OH is 1. The van der Waals surface area contributed by atoms with Crippen molar-refractivity contribution in [2.24, 2.45) is 0 Å². The van der Waals surface area contributed by atoms with Crippen LogP contribution in [-0.2, 0) is 6.54 Å². The number of ether oxygens (including phenoxy) is 1. The topological polar surface area (TPSA) is 92.5 Å². The zero-order valence-electron chi connectivity index (χ0n) is 17.1. The fourth-order valence-electron chi connectivity index (χ4n) is 4.10. The van der Waals surface area contributed by atoms with Crippen molar-refractivity contribution in [3.05, 3.63) is 53.9 Å². The summed E-state index contributed by atoms with van der Waals surface area (Å²) >= 11 is 0. The minimum Gasteiger partial charge on any atom is -0.496 e. The number of carbonyl (C=O) groups is 1. The summed E-state index contributed by atoms with van der Waals surface area (Å²) in [6.07, 6.45) is 3.76. The number of fused-ring (bicyclic) bond motifs is 1. The van der Waals surface area contributed by atoms with Gasteiger partial charge in [0.2, 0.25) is 0 Å². The Morgan fingerprint density at radius 2 is 2.10 bits per heavy atom. The van der Waals surface area contributed by atoms with Crippen LogP contribution in [0, 0.1) is 0 Å². The van der Waals surface area contributed by atoms with Crippen LogP contribution in [0.1, 0.15) is 34.9 Å². The number of aliphatic hydroxyl groups is 1. The second-order valence-corrected chi connectivity index (χ2v) is 7.57. The lowest BCUT2D eigenvalue weighted by Crippen LogP contribution is -2.36. The minimum atomic E-state index is -0.312. The zero-order valence-corrected chi connectivity index (χ0v) is 17.1. The molecule has 30 heavy (non-hydrogen) atoms. The number of methoxy groups -OCH3 is 1. The van der Waals surface area contributed by atoms with E-state index in [4.69, 9.17) is 9.84 Å². The number of piperidine rings is 1. The molecule has 1 amide bonds. The van der Waals surface area contributed by atoms with Gasteiger partial charge >= 0.3 is 0 Å². The fraction of sp³-hybridized carbons (Fsp3) is 0.409. The Morgan fingerprint density at radius 3 is 2.90 bits per heavy atom. The lowest BCUT2D eigenvalue weighted by molar-refractivity contribution is 0.0939. The molecule has 158 valence electrons. The van der Waals surface area contributed by atoms with Gasteiger partial charge in [0.1, 0.15) is 5.75 Å². The van der Waals surface area contributed by atoms with Crippen molar-refractivity contribution in [3.63, 3.8) is 0 Å².